The molecule has 1 saturated heterocycles. The molecule has 0 aliphatic carbocycles. The maximum absolute atomic E-state index is 12.2. The van der Waals surface area contributed by atoms with Crippen molar-refractivity contribution in [3.63, 3.8) is 0 Å². The van der Waals surface area contributed by atoms with Crippen molar-refractivity contribution in [2.45, 2.75) is 32.5 Å². The van der Waals surface area contributed by atoms with Gasteiger partial charge in [0.15, 0.2) is 0 Å². The largest absolute Gasteiger partial charge is 0.435 e. The van der Waals surface area contributed by atoms with Crippen LogP contribution in [-0.2, 0) is 4.79 Å². The molecule has 7 heteroatoms. The van der Waals surface area contributed by atoms with Crippen LogP contribution in [0.25, 0.3) is 0 Å². The molecule has 5 nitrogen and oxygen atoms in total. The molecule has 2 rings (SSSR count). The quantitative estimate of drug-likeness (QED) is 0.797. The third-order valence-corrected chi connectivity index (χ3v) is 4.20. The monoisotopic (exact) mass is 342 g/mol. The van der Waals surface area contributed by atoms with E-state index in [9.17, 15) is 18.7 Å². The van der Waals surface area contributed by atoms with Gasteiger partial charge in [0.05, 0.1) is 12.6 Å². The second-order valence-electron chi connectivity index (χ2n) is 6.23. The lowest BCUT2D eigenvalue weighted by Gasteiger charge is -2.29. The molecule has 1 atom stereocenters. The summed E-state index contributed by atoms with van der Waals surface area (Å²) < 4.78 is 28.7. The lowest BCUT2D eigenvalue weighted by Crippen LogP contribution is -2.42. The highest BCUT2D eigenvalue weighted by Crippen LogP contribution is 2.20. The Kier molecular flexibility index (Phi) is 6.93. The van der Waals surface area contributed by atoms with Crippen molar-refractivity contribution in [3.8, 4) is 5.75 Å². The highest BCUT2D eigenvalue weighted by molar-refractivity contribution is 5.78. The maximum atomic E-state index is 12.2. The number of hydrogen-bond acceptors (Lipinski definition) is 4. The van der Waals surface area contributed by atoms with Crippen LogP contribution in [0.15, 0.2) is 24.3 Å². The first-order valence-corrected chi connectivity index (χ1v) is 8.16. The molecule has 1 unspecified atom stereocenters. The molecule has 134 valence electrons. The Hall–Kier alpha value is -1.73. The van der Waals surface area contributed by atoms with E-state index in [4.69, 9.17) is 0 Å². The summed E-state index contributed by atoms with van der Waals surface area (Å²) in [5, 5.41) is 12.8. The van der Waals surface area contributed by atoms with Gasteiger partial charge in [0, 0.05) is 6.54 Å². The average molecular weight is 342 g/mol. The second-order valence-corrected chi connectivity index (χ2v) is 6.23. The Morgan fingerprint density at radius 2 is 2.12 bits per heavy atom. The Morgan fingerprint density at radius 3 is 2.79 bits per heavy atom. The van der Waals surface area contributed by atoms with Crippen molar-refractivity contribution >= 4 is 5.91 Å². The molecule has 0 saturated carbocycles. The Balaban J connectivity index is 1.77. The fraction of sp³-hybridized carbons (Fsp3) is 0.588. The highest BCUT2D eigenvalue weighted by Gasteiger charge is 2.18. The minimum absolute atomic E-state index is 0.0182. The van der Waals surface area contributed by atoms with Crippen LogP contribution in [0.2, 0.25) is 0 Å². The van der Waals surface area contributed by atoms with Gasteiger partial charge >= 0.3 is 6.61 Å². The van der Waals surface area contributed by atoms with Crippen molar-refractivity contribution in [3.05, 3.63) is 29.8 Å². The molecule has 0 spiro atoms. The van der Waals surface area contributed by atoms with Crippen LogP contribution in [0.3, 0.4) is 0 Å². The summed E-state index contributed by atoms with van der Waals surface area (Å²) in [6, 6.07) is 5.85. The van der Waals surface area contributed by atoms with E-state index < -0.39 is 12.7 Å². The molecule has 1 amide bonds. The molecule has 0 aromatic heterocycles. The molecule has 2 N–H and O–H groups in total. The number of nitrogens with zero attached hydrogens (tertiary/aromatic N) is 1. The lowest BCUT2D eigenvalue weighted by atomic mass is 9.99. The van der Waals surface area contributed by atoms with Crippen molar-refractivity contribution in [1.82, 2.24) is 10.2 Å². The molecule has 0 bridgehead atoms. The molecule has 1 heterocycles. The van der Waals surface area contributed by atoms with Gasteiger partial charge in [0.25, 0.3) is 0 Å². The van der Waals surface area contributed by atoms with Gasteiger partial charge in [-0.2, -0.15) is 8.78 Å². The van der Waals surface area contributed by atoms with Crippen molar-refractivity contribution in [2.75, 3.05) is 26.2 Å². The van der Waals surface area contributed by atoms with E-state index in [1.807, 2.05) is 0 Å². The summed E-state index contributed by atoms with van der Waals surface area (Å²) in [5.41, 5.74) is 0.417. The molecule has 1 aliphatic heterocycles. The van der Waals surface area contributed by atoms with Crippen LogP contribution in [0.4, 0.5) is 8.78 Å². The number of likely N-dealkylation sites (tertiary alicyclic amines) is 1. The zero-order valence-corrected chi connectivity index (χ0v) is 13.8. The molecule has 24 heavy (non-hydrogen) atoms. The van der Waals surface area contributed by atoms with Gasteiger partial charge in [0.1, 0.15) is 5.75 Å². The highest BCUT2D eigenvalue weighted by atomic mass is 19.3. The minimum Gasteiger partial charge on any atom is -0.435 e. The molecule has 1 aromatic carbocycles. The first-order chi connectivity index (χ1) is 11.4. The number of nitrogens with one attached hydrogen (secondary N) is 1. The molecule has 1 aromatic rings. The third kappa shape index (κ3) is 6.05. The number of hydrogen-bond donors (Lipinski definition) is 2. The Bertz CT molecular complexity index is 534. The number of aliphatic hydroxyl groups excluding tert-OH is 1. The number of aliphatic hydroxyl groups is 1. The van der Waals surface area contributed by atoms with Gasteiger partial charge in [-0.1, -0.05) is 19.1 Å². The summed E-state index contributed by atoms with van der Waals surface area (Å²) in [6.45, 7) is 1.45. The number of benzene rings is 1. The summed E-state index contributed by atoms with van der Waals surface area (Å²) in [7, 11) is 0. The molecular formula is C17H24F2N2O3. The number of carbonyl (C=O) groups excluding carboxylic acids is 1. The SMILES string of the molecule is CC1CCN(CC(=O)NCC(O)c2cccc(OC(F)F)c2)CC1. The summed E-state index contributed by atoms with van der Waals surface area (Å²) >= 11 is 0. The first-order valence-electron chi connectivity index (χ1n) is 8.16. The second kappa shape index (κ2) is 8.94. The summed E-state index contributed by atoms with van der Waals surface area (Å²) in [6.07, 6.45) is 1.20. The number of rotatable bonds is 7. The van der Waals surface area contributed by atoms with Crippen LogP contribution in [0, 0.1) is 5.92 Å². The average Bonchev–Trinajstić information content (AvgIpc) is 2.54. The van der Waals surface area contributed by atoms with E-state index in [2.05, 4.69) is 21.9 Å². The van der Waals surface area contributed by atoms with E-state index >= 15 is 0 Å². The van der Waals surface area contributed by atoms with Crippen LogP contribution in [-0.4, -0.2) is 48.7 Å². The number of carbonyl (C=O) groups is 1. The van der Waals surface area contributed by atoms with Gasteiger partial charge < -0.3 is 15.2 Å². The molecular weight excluding hydrogens is 318 g/mol. The van der Waals surface area contributed by atoms with Gasteiger partial charge in [-0.15, -0.1) is 0 Å². The number of amides is 1. The van der Waals surface area contributed by atoms with E-state index in [0.717, 1.165) is 25.9 Å². The molecule has 1 aliphatic rings. The normalized spacial score (nSPS) is 17.7. The Morgan fingerprint density at radius 1 is 1.42 bits per heavy atom. The number of ether oxygens (including phenoxy) is 1. The van der Waals surface area contributed by atoms with Crippen molar-refractivity contribution in [1.29, 1.82) is 0 Å². The van der Waals surface area contributed by atoms with Gasteiger partial charge in [-0.3, -0.25) is 9.69 Å². The number of piperidine rings is 1. The van der Waals surface area contributed by atoms with Gasteiger partial charge in [0.2, 0.25) is 5.91 Å². The zero-order valence-electron chi connectivity index (χ0n) is 13.8. The summed E-state index contributed by atoms with van der Waals surface area (Å²) in [4.78, 5) is 14.0. The fourth-order valence-corrected chi connectivity index (χ4v) is 2.71. The smallest absolute Gasteiger partial charge is 0.387 e. The first kappa shape index (κ1) is 18.6. The van der Waals surface area contributed by atoms with Gasteiger partial charge in [-0.25, -0.2) is 0 Å². The topological polar surface area (TPSA) is 61.8 Å². The number of halogens is 2. The number of alkyl halides is 2. The van der Waals surface area contributed by atoms with E-state index in [1.165, 1.54) is 18.2 Å². The maximum Gasteiger partial charge on any atom is 0.387 e. The zero-order chi connectivity index (χ0) is 17.5. The predicted molar refractivity (Wildman–Crippen MR) is 85.9 cm³/mol. The standard InChI is InChI=1S/C17H24F2N2O3/c1-12-5-7-21(8-6-12)11-16(23)20-10-15(22)13-3-2-4-14(9-13)24-17(18)19/h2-4,9,12,15,17,22H,5-8,10-11H2,1H3,(H,20,23). The van der Waals surface area contributed by atoms with E-state index in [0.29, 0.717) is 18.0 Å². The van der Waals surface area contributed by atoms with Crippen LogP contribution >= 0.6 is 0 Å². The fourth-order valence-electron chi connectivity index (χ4n) is 2.71. The van der Waals surface area contributed by atoms with Crippen LogP contribution < -0.4 is 10.1 Å². The third-order valence-electron chi connectivity index (χ3n) is 4.20. The summed E-state index contributed by atoms with van der Waals surface area (Å²) in [5.74, 6) is 0.535. The van der Waals surface area contributed by atoms with Crippen LogP contribution in [0.1, 0.15) is 31.4 Å². The van der Waals surface area contributed by atoms with Crippen LogP contribution in [0.5, 0.6) is 5.75 Å². The molecule has 0 radical (unpaired) electrons. The minimum atomic E-state index is -2.91. The van der Waals surface area contributed by atoms with Crippen molar-refractivity contribution in [2.24, 2.45) is 5.92 Å². The van der Waals surface area contributed by atoms with Crippen molar-refractivity contribution < 1.29 is 23.4 Å². The Labute approximate surface area is 140 Å². The van der Waals surface area contributed by atoms with Gasteiger partial charge in [-0.05, 0) is 49.5 Å². The lowest BCUT2D eigenvalue weighted by molar-refractivity contribution is -0.123. The van der Waals surface area contributed by atoms with E-state index in [1.54, 1.807) is 6.07 Å². The predicted octanol–water partition coefficient (Wildman–Crippen LogP) is 2.17. The van der Waals surface area contributed by atoms with E-state index in [-0.39, 0.29) is 18.2 Å². The molecule has 1 fully saturated rings.